The normalized spacial score (nSPS) is 11.9. The minimum atomic E-state index is -0.535. The van der Waals surface area contributed by atoms with Crippen molar-refractivity contribution in [1.29, 1.82) is 0 Å². The van der Waals surface area contributed by atoms with Gasteiger partial charge in [0, 0.05) is 10.9 Å². The van der Waals surface area contributed by atoms with Gasteiger partial charge in [-0.25, -0.2) is 9.98 Å². The summed E-state index contributed by atoms with van der Waals surface area (Å²) in [5, 5.41) is 27.1. The van der Waals surface area contributed by atoms with Crippen molar-refractivity contribution >= 4 is 57.6 Å². The van der Waals surface area contributed by atoms with Gasteiger partial charge in [-0.3, -0.25) is 0 Å². The smallest absolute Gasteiger partial charge is 0.288 e. The van der Waals surface area contributed by atoms with E-state index in [-0.39, 0.29) is 16.0 Å². The summed E-state index contributed by atoms with van der Waals surface area (Å²) in [7, 11) is 0. The van der Waals surface area contributed by atoms with Gasteiger partial charge in [0.25, 0.3) is 5.95 Å². The SMILES string of the molecule is [O-]C(=Nc1nn[nH]n1)c1cc(-c2ccc(Cl)c(Cl)c2Cl)nc2ccccc12. The summed E-state index contributed by atoms with van der Waals surface area (Å²) in [5.74, 6) is -0.595. The molecule has 0 aliphatic carbocycles. The second-order valence-electron chi connectivity index (χ2n) is 5.42. The first-order chi connectivity index (χ1) is 13.0. The van der Waals surface area contributed by atoms with E-state index in [1.165, 1.54) is 0 Å². The molecule has 0 saturated carbocycles. The Kier molecular flexibility index (Phi) is 4.65. The molecule has 7 nitrogen and oxygen atoms in total. The standard InChI is InChI=1S/C17H9Cl3N6O/c18-11-6-5-9(14(19)15(11)20)13-7-10(8-3-1-2-4-12(8)21-13)16(27)22-17-23-25-26-24-17/h1-7H,(H2,22,23,24,25,26,27)/p-1. The molecule has 0 aliphatic rings. The molecule has 134 valence electrons. The minimum Gasteiger partial charge on any atom is -0.858 e. The Labute approximate surface area is 167 Å². The fraction of sp³-hybridized carbons (Fsp3) is 0. The van der Waals surface area contributed by atoms with Crippen LogP contribution in [0.5, 0.6) is 0 Å². The van der Waals surface area contributed by atoms with E-state index in [1.807, 2.05) is 6.07 Å². The molecule has 0 bridgehead atoms. The number of hydrogen-bond donors (Lipinski definition) is 1. The van der Waals surface area contributed by atoms with E-state index < -0.39 is 5.90 Å². The van der Waals surface area contributed by atoms with Gasteiger partial charge in [-0.2, -0.15) is 5.21 Å². The number of aliphatic imine (C=N–C) groups is 1. The fourth-order valence-electron chi connectivity index (χ4n) is 2.57. The van der Waals surface area contributed by atoms with Crippen molar-refractivity contribution in [2.24, 2.45) is 4.99 Å². The van der Waals surface area contributed by atoms with E-state index >= 15 is 0 Å². The predicted octanol–water partition coefficient (Wildman–Crippen LogP) is 3.81. The highest BCUT2D eigenvalue weighted by Crippen LogP contribution is 2.38. The first kappa shape index (κ1) is 17.7. The molecule has 0 amide bonds. The van der Waals surface area contributed by atoms with Crippen molar-refractivity contribution < 1.29 is 5.11 Å². The number of aromatic amines is 1. The largest absolute Gasteiger partial charge is 0.858 e. The molecular weight excluding hydrogens is 411 g/mol. The third-order valence-electron chi connectivity index (χ3n) is 3.79. The zero-order chi connectivity index (χ0) is 19.0. The number of nitrogens with zero attached hydrogens (tertiary/aromatic N) is 5. The molecule has 0 aliphatic heterocycles. The molecule has 10 heteroatoms. The number of benzene rings is 2. The highest BCUT2D eigenvalue weighted by Gasteiger charge is 2.14. The summed E-state index contributed by atoms with van der Waals surface area (Å²) < 4.78 is 0. The lowest BCUT2D eigenvalue weighted by Gasteiger charge is -2.15. The van der Waals surface area contributed by atoms with Gasteiger partial charge < -0.3 is 5.11 Å². The zero-order valence-corrected chi connectivity index (χ0v) is 15.6. The molecule has 0 saturated heterocycles. The highest BCUT2D eigenvalue weighted by atomic mass is 35.5. The van der Waals surface area contributed by atoms with Crippen LogP contribution in [0.15, 0.2) is 47.5 Å². The molecule has 0 atom stereocenters. The molecule has 2 aromatic carbocycles. The molecule has 0 unspecified atom stereocenters. The van der Waals surface area contributed by atoms with Gasteiger partial charge >= 0.3 is 0 Å². The number of para-hydroxylation sites is 1. The van der Waals surface area contributed by atoms with Crippen LogP contribution in [0, 0.1) is 0 Å². The minimum absolute atomic E-state index is 0.0602. The number of H-pyrrole nitrogens is 1. The van der Waals surface area contributed by atoms with Gasteiger partial charge in [0.15, 0.2) is 0 Å². The van der Waals surface area contributed by atoms with Crippen molar-refractivity contribution in [3.8, 4) is 11.3 Å². The van der Waals surface area contributed by atoms with Crippen LogP contribution in [0.25, 0.3) is 22.2 Å². The Hall–Kier alpha value is -2.74. The van der Waals surface area contributed by atoms with Crippen LogP contribution in [0.3, 0.4) is 0 Å². The Bertz CT molecular complexity index is 1180. The number of tetrazole rings is 1. The van der Waals surface area contributed by atoms with Crippen LogP contribution in [-0.2, 0) is 0 Å². The average Bonchev–Trinajstić information content (AvgIpc) is 3.18. The summed E-state index contributed by atoms with van der Waals surface area (Å²) in [5.41, 5.74) is 1.93. The van der Waals surface area contributed by atoms with Gasteiger partial charge in [0.05, 0.1) is 26.3 Å². The summed E-state index contributed by atoms with van der Waals surface area (Å²) in [6.45, 7) is 0. The van der Waals surface area contributed by atoms with Crippen LogP contribution in [0.2, 0.25) is 15.1 Å². The maximum Gasteiger partial charge on any atom is 0.288 e. The van der Waals surface area contributed by atoms with Gasteiger partial charge in [-0.05, 0) is 40.9 Å². The van der Waals surface area contributed by atoms with Crippen LogP contribution < -0.4 is 5.11 Å². The molecule has 27 heavy (non-hydrogen) atoms. The van der Waals surface area contributed by atoms with Gasteiger partial charge in [0.1, 0.15) is 0 Å². The van der Waals surface area contributed by atoms with E-state index in [4.69, 9.17) is 34.8 Å². The summed E-state index contributed by atoms with van der Waals surface area (Å²) in [4.78, 5) is 8.45. The van der Waals surface area contributed by atoms with Gasteiger partial charge in [-0.15, -0.1) is 5.10 Å². The lowest BCUT2D eigenvalue weighted by atomic mass is 10.0. The van der Waals surface area contributed by atoms with Crippen LogP contribution in [0.1, 0.15) is 5.56 Å². The van der Waals surface area contributed by atoms with E-state index in [9.17, 15) is 5.11 Å². The van der Waals surface area contributed by atoms with Crippen molar-refractivity contribution in [2.75, 3.05) is 0 Å². The quantitative estimate of drug-likeness (QED) is 0.309. The molecule has 2 heterocycles. The lowest BCUT2D eigenvalue weighted by molar-refractivity contribution is -0.212. The predicted molar refractivity (Wildman–Crippen MR) is 103 cm³/mol. The number of fused-ring (bicyclic) bond motifs is 1. The number of hydrogen-bond acceptors (Lipinski definition) is 6. The number of aromatic nitrogens is 5. The highest BCUT2D eigenvalue weighted by molar-refractivity contribution is 6.49. The lowest BCUT2D eigenvalue weighted by Crippen LogP contribution is -2.19. The van der Waals surface area contributed by atoms with Gasteiger partial charge in [-0.1, -0.05) is 58.1 Å². The molecule has 0 fully saturated rings. The van der Waals surface area contributed by atoms with Crippen LogP contribution in [0.4, 0.5) is 5.95 Å². The molecule has 0 radical (unpaired) electrons. The number of pyridine rings is 1. The van der Waals surface area contributed by atoms with Crippen LogP contribution >= 0.6 is 34.8 Å². The molecular formula is C17H8Cl3N6O-. The van der Waals surface area contributed by atoms with E-state index in [0.717, 1.165) is 0 Å². The number of rotatable bonds is 3. The van der Waals surface area contributed by atoms with E-state index in [2.05, 4.69) is 30.6 Å². The molecule has 4 aromatic rings. The summed E-state index contributed by atoms with van der Waals surface area (Å²) in [6.07, 6.45) is 0. The second-order valence-corrected chi connectivity index (χ2v) is 6.59. The zero-order valence-electron chi connectivity index (χ0n) is 13.3. The second kappa shape index (κ2) is 7.11. The maximum atomic E-state index is 12.7. The number of halogens is 3. The Morgan fingerprint density at radius 2 is 1.85 bits per heavy atom. The first-order valence-corrected chi connectivity index (χ1v) is 8.71. The fourth-order valence-corrected chi connectivity index (χ4v) is 3.20. The van der Waals surface area contributed by atoms with Gasteiger partial charge in [0.2, 0.25) is 0 Å². The molecule has 4 rings (SSSR count). The maximum absolute atomic E-state index is 12.7. The monoisotopic (exact) mass is 417 g/mol. The molecule has 2 aromatic heterocycles. The van der Waals surface area contributed by atoms with Crippen molar-refractivity contribution in [1.82, 2.24) is 25.6 Å². The topological polar surface area (TPSA) is 103 Å². The van der Waals surface area contributed by atoms with E-state index in [0.29, 0.717) is 32.7 Å². The Morgan fingerprint density at radius 3 is 2.63 bits per heavy atom. The van der Waals surface area contributed by atoms with Crippen molar-refractivity contribution in [2.45, 2.75) is 0 Å². The Balaban J connectivity index is 1.96. The Morgan fingerprint density at radius 1 is 1.04 bits per heavy atom. The third kappa shape index (κ3) is 3.32. The number of nitrogens with one attached hydrogen (secondary N) is 1. The third-order valence-corrected chi connectivity index (χ3v) is 5.09. The molecule has 1 N–H and O–H groups in total. The average molecular weight is 419 g/mol. The van der Waals surface area contributed by atoms with Crippen molar-refractivity contribution in [3.05, 3.63) is 63.1 Å². The molecule has 0 spiro atoms. The van der Waals surface area contributed by atoms with Crippen LogP contribution in [-0.4, -0.2) is 31.5 Å². The summed E-state index contributed by atoms with van der Waals surface area (Å²) >= 11 is 18.5. The van der Waals surface area contributed by atoms with E-state index in [1.54, 1.807) is 36.4 Å². The first-order valence-electron chi connectivity index (χ1n) is 7.58. The summed E-state index contributed by atoms with van der Waals surface area (Å²) in [6, 6.07) is 12.1. The van der Waals surface area contributed by atoms with Crippen molar-refractivity contribution in [3.63, 3.8) is 0 Å².